The third-order valence-corrected chi connectivity index (χ3v) is 2.86. The van der Waals surface area contributed by atoms with Crippen LogP contribution in [0.5, 0.6) is 0 Å². The van der Waals surface area contributed by atoms with E-state index in [1.165, 1.54) is 12.1 Å². The summed E-state index contributed by atoms with van der Waals surface area (Å²) in [7, 11) is 0. The third kappa shape index (κ3) is 2.07. The van der Waals surface area contributed by atoms with Gasteiger partial charge >= 0.3 is 0 Å². The van der Waals surface area contributed by atoms with Gasteiger partial charge in [0.25, 0.3) is 0 Å². The molecule has 4 heteroatoms. The Bertz CT molecular complexity index is 408. The molecule has 0 saturated heterocycles. The number of hydrogen-bond donors (Lipinski definition) is 1. The second-order valence-electron chi connectivity index (χ2n) is 4.07. The molecule has 1 aromatic carbocycles. The number of amides is 1. The molecule has 0 radical (unpaired) electrons. The van der Waals surface area contributed by atoms with Crippen molar-refractivity contribution in [3.63, 3.8) is 0 Å². The summed E-state index contributed by atoms with van der Waals surface area (Å²) >= 11 is 0. The molecule has 0 aromatic heterocycles. The van der Waals surface area contributed by atoms with Crippen LogP contribution in [0.2, 0.25) is 0 Å². The fraction of sp³-hybridized carbons (Fsp3) is 0.417. The van der Waals surface area contributed by atoms with Gasteiger partial charge in [-0.3, -0.25) is 4.79 Å². The molecule has 0 spiro atoms. The standard InChI is InChI=1S/C12H15FN2O/c1-2-15(12(16)10-7-11(10)14)9-5-3-4-8(13)6-9/h3-6,10-11H,2,7,14H2,1H3. The first kappa shape index (κ1) is 11.1. The fourth-order valence-electron chi connectivity index (χ4n) is 1.81. The van der Waals surface area contributed by atoms with Crippen molar-refractivity contribution in [3.05, 3.63) is 30.1 Å². The van der Waals surface area contributed by atoms with Crippen molar-refractivity contribution in [1.29, 1.82) is 0 Å². The maximum absolute atomic E-state index is 13.1. The maximum atomic E-state index is 13.1. The molecule has 16 heavy (non-hydrogen) atoms. The van der Waals surface area contributed by atoms with Gasteiger partial charge in [-0.25, -0.2) is 4.39 Å². The minimum atomic E-state index is -0.330. The highest BCUT2D eigenvalue weighted by Gasteiger charge is 2.42. The van der Waals surface area contributed by atoms with Crippen LogP contribution >= 0.6 is 0 Å². The van der Waals surface area contributed by atoms with Crippen LogP contribution in [-0.4, -0.2) is 18.5 Å². The Morgan fingerprint density at radius 3 is 2.81 bits per heavy atom. The van der Waals surface area contributed by atoms with Gasteiger partial charge in [-0.2, -0.15) is 0 Å². The number of benzene rings is 1. The van der Waals surface area contributed by atoms with Crippen LogP contribution in [0.25, 0.3) is 0 Å². The molecule has 0 heterocycles. The lowest BCUT2D eigenvalue weighted by Gasteiger charge is -2.21. The lowest BCUT2D eigenvalue weighted by Crippen LogP contribution is -2.33. The maximum Gasteiger partial charge on any atom is 0.231 e. The average molecular weight is 222 g/mol. The van der Waals surface area contributed by atoms with E-state index in [-0.39, 0.29) is 23.7 Å². The predicted molar refractivity (Wildman–Crippen MR) is 60.5 cm³/mol. The van der Waals surface area contributed by atoms with E-state index in [9.17, 15) is 9.18 Å². The minimum Gasteiger partial charge on any atom is -0.327 e. The Morgan fingerprint density at radius 1 is 1.62 bits per heavy atom. The van der Waals surface area contributed by atoms with Gasteiger partial charge in [0, 0.05) is 18.3 Å². The smallest absolute Gasteiger partial charge is 0.231 e. The first-order chi connectivity index (χ1) is 7.63. The molecule has 1 aliphatic rings. The van der Waals surface area contributed by atoms with Crippen molar-refractivity contribution in [1.82, 2.24) is 0 Å². The van der Waals surface area contributed by atoms with Crippen molar-refractivity contribution >= 4 is 11.6 Å². The molecule has 0 aliphatic heterocycles. The average Bonchev–Trinajstić information content (AvgIpc) is 2.96. The third-order valence-electron chi connectivity index (χ3n) is 2.86. The van der Waals surface area contributed by atoms with Crippen molar-refractivity contribution in [2.45, 2.75) is 19.4 Å². The number of carbonyl (C=O) groups is 1. The molecule has 1 aromatic rings. The zero-order chi connectivity index (χ0) is 11.7. The van der Waals surface area contributed by atoms with Crippen molar-refractivity contribution in [2.24, 2.45) is 11.7 Å². The fourth-order valence-corrected chi connectivity index (χ4v) is 1.81. The number of anilines is 1. The SMILES string of the molecule is CCN(C(=O)C1CC1N)c1cccc(F)c1. The van der Waals surface area contributed by atoms with Crippen molar-refractivity contribution in [2.75, 3.05) is 11.4 Å². The number of rotatable bonds is 3. The highest BCUT2D eigenvalue weighted by atomic mass is 19.1. The molecule has 1 aliphatic carbocycles. The van der Waals surface area contributed by atoms with Crippen molar-refractivity contribution < 1.29 is 9.18 Å². The molecule has 1 saturated carbocycles. The molecule has 2 rings (SSSR count). The summed E-state index contributed by atoms with van der Waals surface area (Å²) in [6, 6.07) is 6.06. The van der Waals surface area contributed by atoms with Crippen LogP contribution in [0.15, 0.2) is 24.3 Å². The molecular weight excluding hydrogens is 207 g/mol. The van der Waals surface area contributed by atoms with Crippen LogP contribution in [0.1, 0.15) is 13.3 Å². The Labute approximate surface area is 94.0 Å². The molecule has 2 atom stereocenters. The Kier molecular flexibility index (Phi) is 2.92. The molecule has 0 bridgehead atoms. The number of hydrogen-bond acceptors (Lipinski definition) is 2. The summed E-state index contributed by atoms with van der Waals surface area (Å²) in [4.78, 5) is 13.6. The monoisotopic (exact) mass is 222 g/mol. The lowest BCUT2D eigenvalue weighted by molar-refractivity contribution is -0.119. The molecule has 1 fully saturated rings. The van der Waals surface area contributed by atoms with E-state index < -0.39 is 0 Å². The molecule has 86 valence electrons. The number of nitrogens with two attached hydrogens (primary N) is 1. The minimum absolute atomic E-state index is 0.000556. The van der Waals surface area contributed by atoms with Gasteiger partial charge in [0.15, 0.2) is 0 Å². The van der Waals surface area contributed by atoms with E-state index >= 15 is 0 Å². The molecule has 2 N–H and O–H groups in total. The van der Waals surface area contributed by atoms with E-state index in [2.05, 4.69) is 0 Å². The lowest BCUT2D eigenvalue weighted by atomic mass is 10.2. The zero-order valence-corrected chi connectivity index (χ0v) is 9.19. The summed E-state index contributed by atoms with van der Waals surface area (Å²) in [5, 5.41) is 0. The predicted octanol–water partition coefficient (Wildman–Crippen LogP) is 1.53. The second-order valence-corrected chi connectivity index (χ2v) is 4.07. The van der Waals surface area contributed by atoms with Gasteiger partial charge in [-0.15, -0.1) is 0 Å². The molecular formula is C12H15FN2O. The van der Waals surface area contributed by atoms with Crippen molar-refractivity contribution in [3.8, 4) is 0 Å². The molecule has 1 amide bonds. The van der Waals surface area contributed by atoms with Crippen LogP contribution in [0.4, 0.5) is 10.1 Å². The van der Waals surface area contributed by atoms with Crippen LogP contribution in [0, 0.1) is 11.7 Å². The van der Waals surface area contributed by atoms with Crippen LogP contribution in [0.3, 0.4) is 0 Å². The van der Waals surface area contributed by atoms with E-state index in [0.717, 1.165) is 6.42 Å². The highest BCUT2D eigenvalue weighted by Crippen LogP contribution is 2.31. The summed E-state index contributed by atoms with van der Waals surface area (Å²) in [5.41, 5.74) is 6.25. The number of halogens is 1. The van der Waals surface area contributed by atoms with Gasteiger partial charge in [0.2, 0.25) is 5.91 Å². The highest BCUT2D eigenvalue weighted by molar-refractivity contribution is 5.97. The summed E-state index contributed by atoms with van der Waals surface area (Å²) in [6.07, 6.45) is 0.741. The number of nitrogens with zero attached hydrogens (tertiary/aromatic N) is 1. The van der Waals surface area contributed by atoms with Gasteiger partial charge in [0.1, 0.15) is 5.82 Å². The Balaban J connectivity index is 2.19. The zero-order valence-electron chi connectivity index (χ0n) is 9.19. The Hall–Kier alpha value is -1.42. The molecule has 2 unspecified atom stereocenters. The van der Waals surface area contributed by atoms with Gasteiger partial charge < -0.3 is 10.6 Å². The quantitative estimate of drug-likeness (QED) is 0.843. The molecule has 3 nitrogen and oxygen atoms in total. The van der Waals surface area contributed by atoms with Gasteiger partial charge in [0.05, 0.1) is 5.92 Å². The van der Waals surface area contributed by atoms with E-state index in [1.54, 1.807) is 17.0 Å². The second kappa shape index (κ2) is 4.22. The topological polar surface area (TPSA) is 46.3 Å². The van der Waals surface area contributed by atoms with Crippen LogP contribution in [-0.2, 0) is 4.79 Å². The van der Waals surface area contributed by atoms with E-state index in [4.69, 9.17) is 5.73 Å². The van der Waals surface area contributed by atoms with E-state index in [1.807, 2.05) is 6.92 Å². The van der Waals surface area contributed by atoms with Gasteiger partial charge in [-0.1, -0.05) is 6.07 Å². The Morgan fingerprint density at radius 2 is 2.31 bits per heavy atom. The summed E-state index contributed by atoms with van der Waals surface area (Å²) in [6.45, 7) is 2.40. The largest absolute Gasteiger partial charge is 0.327 e. The van der Waals surface area contributed by atoms with E-state index in [0.29, 0.717) is 12.2 Å². The summed E-state index contributed by atoms with van der Waals surface area (Å²) in [5.74, 6) is -0.410. The summed E-state index contributed by atoms with van der Waals surface area (Å²) < 4.78 is 13.1. The van der Waals surface area contributed by atoms with Gasteiger partial charge in [-0.05, 0) is 31.5 Å². The first-order valence-electron chi connectivity index (χ1n) is 5.46. The first-order valence-corrected chi connectivity index (χ1v) is 5.46. The number of carbonyl (C=O) groups excluding carboxylic acids is 1. The van der Waals surface area contributed by atoms with Crippen LogP contribution < -0.4 is 10.6 Å². The normalized spacial score (nSPS) is 22.9.